The Morgan fingerprint density at radius 1 is 1.24 bits per heavy atom. The van der Waals surface area contributed by atoms with E-state index in [-0.39, 0.29) is 5.78 Å². The van der Waals surface area contributed by atoms with E-state index in [4.69, 9.17) is 0 Å². The summed E-state index contributed by atoms with van der Waals surface area (Å²) in [6.07, 6.45) is 5.33. The summed E-state index contributed by atoms with van der Waals surface area (Å²) in [4.78, 5) is 14.0. The van der Waals surface area contributed by atoms with Crippen LogP contribution in [-0.2, 0) is 6.54 Å². The van der Waals surface area contributed by atoms with Crippen LogP contribution >= 0.6 is 11.3 Å². The monoisotopic (exact) mass is 347 g/mol. The quantitative estimate of drug-likeness (QED) is 0.297. The van der Waals surface area contributed by atoms with Gasteiger partial charge in [0.05, 0.1) is 22.3 Å². The number of aryl methyl sites for hydroxylation is 1. The smallest absolute Gasteiger partial charge is 0.191 e. The number of nitrogens with zero attached hydrogens (tertiary/aromatic N) is 3. The molecule has 0 unspecified atom stereocenters. The van der Waals surface area contributed by atoms with Crippen molar-refractivity contribution in [3.05, 3.63) is 76.6 Å². The molecule has 5 heteroatoms. The molecule has 0 aliphatic carbocycles. The number of hydrogen-bond donors (Lipinski definition) is 0. The number of imidazole rings is 1. The maximum Gasteiger partial charge on any atom is 0.191 e. The van der Waals surface area contributed by atoms with Crippen molar-refractivity contribution >= 4 is 39.9 Å². The van der Waals surface area contributed by atoms with Crippen molar-refractivity contribution < 1.29 is 4.79 Å². The first-order valence-electron chi connectivity index (χ1n) is 8.04. The Hall–Kier alpha value is -2.92. The summed E-state index contributed by atoms with van der Waals surface area (Å²) in [6.45, 7) is 6.36. The molecular formula is C20H17N3OS. The third-order valence-electron chi connectivity index (χ3n) is 4.19. The van der Waals surface area contributed by atoms with Crippen molar-refractivity contribution in [1.82, 2.24) is 14.2 Å². The number of ketones is 1. The largest absolute Gasteiger partial charge is 0.320 e. The number of carbonyl (C=O) groups is 1. The van der Waals surface area contributed by atoms with Gasteiger partial charge in [-0.3, -0.25) is 4.79 Å². The first-order chi connectivity index (χ1) is 12.2. The van der Waals surface area contributed by atoms with E-state index in [2.05, 4.69) is 16.2 Å². The Bertz CT molecular complexity index is 1110. The fourth-order valence-electron chi connectivity index (χ4n) is 3.15. The highest BCUT2D eigenvalue weighted by molar-refractivity contribution is 7.10. The van der Waals surface area contributed by atoms with Crippen molar-refractivity contribution in [2.24, 2.45) is 0 Å². The summed E-state index contributed by atoms with van der Waals surface area (Å²) in [5, 5.41) is 6.62. The van der Waals surface area contributed by atoms with Gasteiger partial charge in [0.25, 0.3) is 0 Å². The van der Waals surface area contributed by atoms with E-state index in [0.29, 0.717) is 12.1 Å². The SMILES string of the molecule is C=CCn1c2ccccc2n2nc(C)c(C(=O)C=Cc3cccs3)c12. The molecule has 0 atom stereocenters. The zero-order chi connectivity index (χ0) is 17.4. The molecule has 0 fully saturated rings. The Balaban J connectivity index is 1.92. The Morgan fingerprint density at radius 2 is 2.04 bits per heavy atom. The normalized spacial score (nSPS) is 11.7. The molecule has 0 N–H and O–H groups in total. The number of fused-ring (bicyclic) bond motifs is 3. The zero-order valence-corrected chi connectivity index (χ0v) is 14.7. The van der Waals surface area contributed by atoms with Crippen molar-refractivity contribution in [2.45, 2.75) is 13.5 Å². The number of allylic oxidation sites excluding steroid dienone is 2. The molecule has 1 aromatic carbocycles. The highest BCUT2D eigenvalue weighted by Gasteiger charge is 2.21. The predicted molar refractivity (Wildman–Crippen MR) is 103 cm³/mol. The van der Waals surface area contributed by atoms with Gasteiger partial charge in [-0.2, -0.15) is 5.10 Å². The van der Waals surface area contributed by atoms with Gasteiger partial charge in [-0.05, 0) is 42.7 Å². The fourth-order valence-corrected chi connectivity index (χ4v) is 3.77. The maximum atomic E-state index is 12.9. The zero-order valence-electron chi connectivity index (χ0n) is 13.8. The van der Waals surface area contributed by atoms with Gasteiger partial charge >= 0.3 is 0 Å². The van der Waals surface area contributed by atoms with Crippen molar-refractivity contribution in [1.29, 1.82) is 0 Å². The Kier molecular flexibility index (Phi) is 3.86. The van der Waals surface area contributed by atoms with Gasteiger partial charge in [0.15, 0.2) is 5.78 Å². The number of rotatable bonds is 5. The molecule has 4 rings (SSSR count). The predicted octanol–water partition coefficient (Wildman–Crippen LogP) is 4.74. The number of aromatic nitrogens is 3. The first-order valence-corrected chi connectivity index (χ1v) is 8.92. The molecule has 0 aliphatic heterocycles. The minimum Gasteiger partial charge on any atom is -0.320 e. The summed E-state index contributed by atoms with van der Waals surface area (Å²) in [6, 6.07) is 12.0. The van der Waals surface area contributed by atoms with Crippen molar-refractivity contribution in [2.75, 3.05) is 0 Å². The van der Waals surface area contributed by atoms with Crippen LogP contribution in [-0.4, -0.2) is 20.0 Å². The number of thiophene rings is 1. The van der Waals surface area contributed by atoms with Crippen molar-refractivity contribution in [3.63, 3.8) is 0 Å². The highest BCUT2D eigenvalue weighted by Crippen LogP contribution is 2.26. The van der Waals surface area contributed by atoms with E-state index >= 15 is 0 Å². The Morgan fingerprint density at radius 3 is 2.76 bits per heavy atom. The van der Waals surface area contributed by atoms with Crippen LogP contribution in [0.4, 0.5) is 0 Å². The summed E-state index contributed by atoms with van der Waals surface area (Å²) in [5.41, 5.74) is 4.23. The fraction of sp³-hybridized carbons (Fsp3) is 0.100. The lowest BCUT2D eigenvalue weighted by Crippen LogP contribution is -2.02. The summed E-state index contributed by atoms with van der Waals surface area (Å²) < 4.78 is 3.95. The molecule has 0 spiro atoms. The number of hydrogen-bond acceptors (Lipinski definition) is 3. The molecule has 3 aromatic heterocycles. The van der Waals surface area contributed by atoms with Crippen LogP contribution < -0.4 is 0 Å². The molecule has 0 aliphatic rings. The van der Waals surface area contributed by atoms with E-state index in [0.717, 1.165) is 27.3 Å². The van der Waals surface area contributed by atoms with E-state index in [1.54, 1.807) is 17.4 Å². The third-order valence-corrected chi connectivity index (χ3v) is 5.03. The average molecular weight is 347 g/mol. The van der Waals surface area contributed by atoms with Gasteiger partial charge in [-0.15, -0.1) is 17.9 Å². The van der Waals surface area contributed by atoms with Gasteiger partial charge in [-0.1, -0.05) is 24.3 Å². The molecule has 124 valence electrons. The van der Waals surface area contributed by atoms with E-state index in [9.17, 15) is 4.79 Å². The molecule has 0 saturated carbocycles. The lowest BCUT2D eigenvalue weighted by Gasteiger charge is -2.03. The summed E-state index contributed by atoms with van der Waals surface area (Å²) >= 11 is 1.61. The molecule has 0 bridgehead atoms. The van der Waals surface area contributed by atoms with Crippen LogP contribution in [0.25, 0.3) is 22.8 Å². The lowest BCUT2D eigenvalue weighted by molar-refractivity contribution is 0.104. The minimum absolute atomic E-state index is 0.0333. The van der Waals surface area contributed by atoms with Gasteiger partial charge in [0.2, 0.25) is 0 Å². The second-order valence-electron chi connectivity index (χ2n) is 5.80. The number of benzene rings is 1. The van der Waals surface area contributed by atoms with Crippen molar-refractivity contribution in [3.8, 4) is 0 Å². The Labute approximate surface area is 149 Å². The lowest BCUT2D eigenvalue weighted by atomic mass is 10.1. The maximum absolute atomic E-state index is 12.9. The average Bonchev–Trinajstić information content (AvgIpc) is 3.30. The topological polar surface area (TPSA) is 39.3 Å². The molecule has 0 saturated heterocycles. The van der Waals surface area contributed by atoms with Gasteiger partial charge in [-0.25, -0.2) is 4.52 Å². The summed E-state index contributed by atoms with van der Waals surface area (Å²) in [7, 11) is 0. The third kappa shape index (κ3) is 2.53. The van der Waals surface area contributed by atoms with Crippen LogP contribution in [0, 0.1) is 6.92 Å². The molecular weight excluding hydrogens is 330 g/mol. The van der Waals surface area contributed by atoms with E-state index in [1.807, 2.05) is 65.4 Å². The number of para-hydroxylation sites is 2. The standard InChI is InChI=1S/C20H17N3OS/c1-3-12-22-16-8-4-5-9-17(16)23-20(22)19(14(2)21-23)18(24)11-10-15-7-6-13-25-15/h3-11,13H,1,12H2,2H3. The second-order valence-corrected chi connectivity index (χ2v) is 6.78. The molecule has 4 aromatic rings. The second kappa shape index (κ2) is 6.18. The van der Waals surface area contributed by atoms with Crippen LogP contribution in [0.5, 0.6) is 0 Å². The van der Waals surface area contributed by atoms with Gasteiger partial charge < -0.3 is 4.57 Å². The van der Waals surface area contributed by atoms with Crippen LogP contribution in [0.1, 0.15) is 20.9 Å². The van der Waals surface area contributed by atoms with Gasteiger partial charge in [0, 0.05) is 11.4 Å². The van der Waals surface area contributed by atoms with Gasteiger partial charge in [0.1, 0.15) is 5.65 Å². The molecule has 0 radical (unpaired) electrons. The van der Waals surface area contributed by atoms with Crippen LogP contribution in [0.15, 0.2) is 60.5 Å². The highest BCUT2D eigenvalue weighted by atomic mass is 32.1. The van der Waals surface area contributed by atoms with Crippen LogP contribution in [0.2, 0.25) is 0 Å². The minimum atomic E-state index is -0.0333. The molecule has 4 nitrogen and oxygen atoms in total. The van der Waals surface area contributed by atoms with E-state index < -0.39 is 0 Å². The first kappa shape index (κ1) is 15.6. The summed E-state index contributed by atoms with van der Waals surface area (Å²) in [5.74, 6) is -0.0333. The molecule has 0 amide bonds. The molecule has 3 heterocycles. The van der Waals surface area contributed by atoms with E-state index in [1.165, 1.54) is 0 Å². The molecule has 25 heavy (non-hydrogen) atoms. The number of carbonyl (C=O) groups excluding carboxylic acids is 1. The van der Waals surface area contributed by atoms with Crippen LogP contribution in [0.3, 0.4) is 0 Å².